The quantitative estimate of drug-likeness (QED) is 0.300. The number of thiazole rings is 1. The maximum Gasteiger partial charge on any atom is 0.416 e. The molecule has 4 rings (SSSR count). The number of anilines is 1. The third-order valence-electron chi connectivity index (χ3n) is 6.56. The van der Waals surface area contributed by atoms with Gasteiger partial charge in [0.05, 0.1) is 10.6 Å². The number of halogens is 3. The predicted octanol–water partition coefficient (Wildman–Crippen LogP) is 7.18. The lowest BCUT2D eigenvalue weighted by molar-refractivity contribution is -0.137. The molecule has 2 aromatic carbocycles. The van der Waals surface area contributed by atoms with E-state index in [1.807, 2.05) is 0 Å². The Morgan fingerprint density at radius 2 is 1.89 bits per heavy atom. The molecule has 1 amide bonds. The summed E-state index contributed by atoms with van der Waals surface area (Å²) in [5, 5.41) is 9.63. The summed E-state index contributed by atoms with van der Waals surface area (Å²) in [5.74, 6) is 0.495. The number of hydrogen-bond donors (Lipinski definition) is 2. The smallest absolute Gasteiger partial charge is 0.363 e. The lowest BCUT2D eigenvalue weighted by atomic mass is 9.98. The van der Waals surface area contributed by atoms with Crippen molar-refractivity contribution in [2.24, 2.45) is 5.92 Å². The van der Waals surface area contributed by atoms with Gasteiger partial charge < -0.3 is 15.5 Å². The second kappa shape index (κ2) is 12.3. The van der Waals surface area contributed by atoms with Gasteiger partial charge in [0.1, 0.15) is 5.69 Å². The van der Waals surface area contributed by atoms with Gasteiger partial charge in [-0.25, -0.2) is 4.98 Å². The second-order valence-corrected chi connectivity index (χ2v) is 11.1. The molecule has 0 spiro atoms. The molecule has 10 heteroatoms. The van der Waals surface area contributed by atoms with E-state index in [0.717, 1.165) is 61.1 Å². The van der Waals surface area contributed by atoms with Gasteiger partial charge in [0.15, 0.2) is 5.11 Å². The average Bonchev–Trinajstić information content (AvgIpc) is 3.39. The fourth-order valence-electron chi connectivity index (χ4n) is 4.38. The van der Waals surface area contributed by atoms with E-state index in [1.54, 1.807) is 35.7 Å². The minimum Gasteiger partial charge on any atom is -0.363 e. The molecule has 1 fully saturated rings. The minimum atomic E-state index is -4.45. The lowest BCUT2D eigenvalue weighted by Gasteiger charge is -2.33. The van der Waals surface area contributed by atoms with Crippen molar-refractivity contribution in [3.05, 3.63) is 70.2 Å². The third-order valence-corrected chi connectivity index (χ3v) is 7.97. The number of thiocarbonyl (C=S) groups is 1. The highest BCUT2D eigenvalue weighted by molar-refractivity contribution is 7.80. The Bertz CT molecular complexity index is 1270. The molecule has 1 saturated heterocycles. The van der Waals surface area contributed by atoms with Crippen molar-refractivity contribution in [1.29, 1.82) is 0 Å². The van der Waals surface area contributed by atoms with E-state index < -0.39 is 11.7 Å². The molecule has 5 nitrogen and oxygen atoms in total. The number of para-hydroxylation sites is 1. The number of carbonyl (C=O) groups is 1. The SMILES string of the molecule is CC(C)CCNC(=S)N1CCC(c2nc(C(=O)Nc3ccccc3-c3cccc(C(F)(F)F)c3)cs2)CC1. The molecule has 1 aromatic heterocycles. The van der Waals surface area contributed by atoms with Crippen molar-refractivity contribution in [1.82, 2.24) is 15.2 Å². The van der Waals surface area contributed by atoms with Crippen molar-refractivity contribution < 1.29 is 18.0 Å². The number of carbonyl (C=O) groups excluding carboxylic acids is 1. The van der Waals surface area contributed by atoms with E-state index in [-0.39, 0.29) is 11.8 Å². The number of benzene rings is 2. The Kier molecular flexibility index (Phi) is 9.04. The zero-order chi connectivity index (χ0) is 27.3. The first-order chi connectivity index (χ1) is 18.1. The number of nitrogens with zero attached hydrogens (tertiary/aromatic N) is 2. The highest BCUT2D eigenvalue weighted by Gasteiger charge is 2.30. The molecule has 3 aromatic rings. The number of aromatic nitrogens is 1. The third kappa shape index (κ3) is 7.11. The largest absolute Gasteiger partial charge is 0.416 e. The second-order valence-electron chi connectivity index (χ2n) is 9.83. The standard InChI is InChI=1S/C28H31F3N4OS2/c1-18(2)10-13-32-27(37)35-14-11-19(12-15-35)26-34-24(17-38-26)25(36)33-23-9-4-3-8-22(23)20-6-5-7-21(16-20)28(29,30)31/h3-9,16-19H,10-15H2,1-2H3,(H,32,37)(H,33,36). The van der Waals surface area contributed by atoms with Crippen LogP contribution in [0.3, 0.4) is 0 Å². The van der Waals surface area contributed by atoms with Crippen molar-refractivity contribution >= 4 is 40.3 Å². The van der Waals surface area contributed by atoms with Gasteiger partial charge in [-0.3, -0.25) is 4.79 Å². The Morgan fingerprint density at radius 1 is 1.16 bits per heavy atom. The van der Waals surface area contributed by atoms with Gasteiger partial charge in [0, 0.05) is 42.2 Å². The summed E-state index contributed by atoms with van der Waals surface area (Å²) in [5.41, 5.74) is 0.875. The molecular formula is C28H31F3N4OS2. The van der Waals surface area contributed by atoms with Crippen LogP contribution in [-0.2, 0) is 6.18 Å². The molecule has 2 heterocycles. The van der Waals surface area contributed by atoms with Crippen LogP contribution < -0.4 is 10.6 Å². The molecule has 0 radical (unpaired) electrons. The van der Waals surface area contributed by atoms with E-state index in [0.29, 0.717) is 28.4 Å². The number of amides is 1. The van der Waals surface area contributed by atoms with E-state index >= 15 is 0 Å². The highest BCUT2D eigenvalue weighted by Crippen LogP contribution is 2.35. The minimum absolute atomic E-state index is 0.258. The molecule has 202 valence electrons. The monoisotopic (exact) mass is 560 g/mol. The van der Waals surface area contributed by atoms with E-state index in [1.165, 1.54) is 17.4 Å². The Morgan fingerprint density at radius 3 is 2.61 bits per heavy atom. The van der Waals surface area contributed by atoms with Gasteiger partial charge in [-0.2, -0.15) is 13.2 Å². The van der Waals surface area contributed by atoms with E-state index in [9.17, 15) is 18.0 Å². The van der Waals surface area contributed by atoms with Crippen LogP contribution in [-0.4, -0.2) is 40.5 Å². The summed E-state index contributed by atoms with van der Waals surface area (Å²) in [7, 11) is 0. The average molecular weight is 561 g/mol. The number of likely N-dealkylation sites (tertiary alicyclic amines) is 1. The topological polar surface area (TPSA) is 57.3 Å². The van der Waals surface area contributed by atoms with Crippen molar-refractivity contribution in [3.8, 4) is 11.1 Å². The number of nitrogens with one attached hydrogen (secondary N) is 2. The molecule has 38 heavy (non-hydrogen) atoms. The van der Waals surface area contributed by atoms with Crippen LogP contribution in [0.2, 0.25) is 0 Å². The first-order valence-electron chi connectivity index (χ1n) is 12.7. The first kappa shape index (κ1) is 28.0. The molecule has 0 saturated carbocycles. The Balaban J connectivity index is 1.38. The zero-order valence-electron chi connectivity index (χ0n) is 21.3. The molecule has 1 aliphatic heterocycles. The molecule has 1 aliphatic rings. The number of piperidine rings is 1. The molecule has 0 aliphatic carbocycles. The van der Waals surface area contributed by atoms with Gasteiger partial charge >= 0.3 is 6.18 Å². The fourth-order valence-corrected chi connectivity index (χ4v) is 5.64. The summed E-state index contributed by atoms with van der Waals surface area (Å²) < 4.78 is 39.7. The van der Waals surface area contributed by atoms with Gasteiger partial charge in [-0.05, 0) is 61.2 Å². The van der Waals surface area contributed by atoms with Gasteiger partial charge in [-0.1, -0.05) is 44.2 Å². The van der Waals surface area contributed by atoms with Crippen molar-refractivity contribution in [3.63, 3.8) is 0 Å². The van der Waals surface area contributed by atoms with Gasteiger partial charge in [0.2, 0.25) is 0 Å². The number of alkyl halides is 3. The molecule has 0 unspecified atom stereocenters. The summed E-state index contributed by atoms with van der Waals surface area (Å²) in [4.78, 5) is 19.8. The lowest BCUT2D eigenvalue weighted by Crippen LogP contribution is -2.44. The number of hydrogen-bond acceptors (Lipinski definition) is 4. The van der Waals surface area contributed by atoms with Gasteiger partial charge in [-0.15, -0.1) is 11.3 Å². The summed E-state index contributed by atoms with van der Waals surface area (Å²) in [6.45, 7) is 6.92. The molecular weight excluding hydrogens is 529 g/mol. The van der Waals surface area contributed by atoms with E-state index in [4.69, 9.17) is 12.2 Å². The normalized spacial score (nSPS) is 14.5. The fraction of sp³-hybridized carbons (Fsp3) is 0.393. The van der Waals surface area contributed by atoms with Crippen molar-refractivity contribution in [2.75, 3.05) is 25.0 Å². The maximum atomic E-state index is 13.2. The number of rotatable bonds is 7. The predicted molar refractivity (Wildman–Crippen MR) is 151 cm³/mol. The van der Waals surface area contributed by atoms with Crippen LogP contribution in [0.5, 0.6) is 0 Å². The summed E-state index contributed by atoms with van der Waals surface area (Å²) >= 11 is 7.01. The summed E-state index contributed by atoms with van der Waals surface area (Å²) in [6.07, 6.45) is -1.57. The summed E-state index contributed by atoms with van der Waals surface area (Å²) in [6, 6.07) is 11.9. The van der Waals surface area contributed by atoms with Crippen LogP contribution in [0, 0.1) is 5.92 Å². The first-order valence-corrected chi connectivity index (χ1v) is 14.0. The van der Waals surface area contributed by atoms with Crippen molar-refractivity contribution in [2.45, 2.75) is 45.2 Å². The molecule has 0 atom stereocenters. The van der Waals surface area contributed by atoms with Crippen LogP contribution in [0.25, 0.3) is 11.1 Å². The van der Waals surface area contributed by atoms with Crippen LogP contribution in [0.15, 0.2) is 53.9 Å². The van der Waals surface area contributed by atoms with Crippen LogP contribution in [0.4, 0.5) is 18.9 Å². The Hall–Kier alpha value is -2.98. The van der Waals surface area contributed by atoms with E-state index in [2.05, 4.69) is 34.4 Å². The van der Waals surface area contributed by atoms with Crippen LogP contribution in [0.1, 0.15) is 60.1 Å². The molecule has 2 N–H and O–H groups in total. The molecule has 0 bridgehead atoms. The highest BCUT2D eigenvalue weighted by atomic mass is 32.1. The Labute approximate surface area is 230 Å². The zero-order valence-corrected chi connectivity index (χ0v) is 23.0. The maximum absolute atomic E-state index is 13.2. The van der Waals surface area contributed by atoms with Crippen LogP contribution >= 0.6 is 23.6 Å². The van der Waals surface area contributed by atoms with Gasteiger partial charge in [0.25, 0.3) is 5.91 Å².